The minimum Gasteiger partial charge on any atom is -0.466 e. The van der Waals surface area contributed by atoms with Gasteiger partial charge in [0, 0.05) is 34.3 Å². The number of rotatable bonds is 9. The van der Waals surface area contributed by atoms with E-state index < -0.39 is 23.9 Å². The van der Waals surface area contributed by atoms with E-state index in [1.54, 1.807) is 0 Å². The lowest BCUT2D eigenvalue weighted by molar-refractivity contribution is -0.155. The second-order valence-corrected chi connectivity index (χ2v) is 9.28. The summed E-state index contributed by atoms with van der Waals surface area (Å²) in [6.07, 6.45) is -0.421. The van der Waals surface area contributed by atoms with Crippen LogP contribution in [0.4, 0.5) is 5.69 Å². The number of hydrogen-bond donors (Lipinski definition) is 2. The van der Waals surface area contributed by atoms with Crippen LogP contribution >= 0.6 is 67.8 Å². The summed E-state index contributed by atoms with van der Waals surface area (Å²) in [5.41, 5.74) is 7.82. The highest BCUT2D eigenvalue weighted by Gasteiger charge is 2.24. The van der Waals surface area contributed by atoms with E-state index in [0.717, 1.165) is 9.13 Å². The van der Waals surface area contributed by atoms with Crippen molar-refractivity contribution in [2.45, 2.75) is 33.3 Å². The number of ether oxygens (including phenoxy) is 3. The first kappa shape index (κ1) is 27.1. The zero-order chi connectivity index (χ0) is 23.0. The number of esters is 3. The third-order valence-corrected chi connectivity index (χ3v) is 7.16. The number of nitrogens with two attached hydrogens (primary N) is 1. The van der Waals surface area contributed by atoms with Gasteiger partial charge in [-0.05, 0) is 73.3 Å². The van der Waals surface area contributed by atoms with E-state index >= 15 is 0 Å². The lowest BCUT2D eigenvalue weighted by Crippen LogP contribution is -2.38. The van der Waals surface area contributed by atoms with Gasteiger partial charge in [-0.1, -0.05) is 0 Å². The quantitative estimate of drug-likeness (QED) is 0.170. The van der Waals surface area contributed by atoms with Gasteiger partial charge in [0.25, 0.3) is 5.91 Å². The molecular weight excluding hydrogens is 737 g/mol. The number of nitrogen functional groups attached to an aromatic ring is 1. The van der Waals surface area contributed by atoms with Crippen LogP contribution in [0.2, 0.25) is 0 Å². The topological polar surface area (TPSA) is 134 Å². The lowest BCUT2D eigenvalue weighted by atomic mass is 10.1. The van der Waals surface area contributed by atoms with E-state index in [4.69, 9.17) is 19.9 Å². The first-order valence-corrected chi connectivity index (χ1v) is 11.9. The van der Waals surface area contributed by atoms with Crippen LogP contribution in [0, 0.1) is 10.7 Å². The number of halogens is 3. The summed E-state index contributed by atoms with van der Waals surface area (Å²) in [7, 11) is 0. The molecule has 0 aliphatic rings. The number of anilines is 1. The van der Waals surface area contributed by atoms with Crippen molar-refractivity contribution in [2.75, 3.05) is 25.5 Å². The molecule has 12 heteroatoms. The van der Waals surface area contributed by atoms with Crippen molar-refractivity contribution >= 4 is 97.3 Å². The first-order chi connectivity index (χ1) is 14.0. The predicted molar refractivity (Wildman–Crippen MR) is 134 cm³/mol. The van der Waals surface area contributed by atoms with E-state index in [0.29, 0.717) is 24.8 Å². The Kier molecular flexibility index (Phi) is 11.6. The molecule has 0 fully saturated rings. The van der Waals surface area contributed by atoms with E-state index in [9.17, 15) is 19.2 Å². The summed E-state index contributed by atoms with van der Waals surface area (Å²) in [6.45, 7) is 3.73. The third-order valence-electron chi connectivity index (χ3n) is 3.62. The maximum absolute atomic E-state index is 12.9. The second kappa shape index (κ2) is 12.8. The SMILES string of the molecule is CC(=O)OCCc1c(I)c(N)c(I)c(C(=O)NCC(COC(C)=O)OC(C)=O)c1I. The molecule has 3 N–H and O–H groups in total. The number of amides is 1. The molecule has 9 nitrogen and oxygen atoms in total. The minimum absolute atomic E-state index is 0.0491. The number of benzene rings is 1. The zero-order valence-corrected chi connectivity index (χ0v) is 22.9. The van der Waals surface area contributed by atoms with Gasteiger partial charge in [-0.2, -0.15) is 0 Å². The molecule has 1 amide bonds. The van der Waals surface area contributed by atoms with Gasteiger partial charge >= 0.3 is 17.9 Å². The van der Waals surface area contributed by atoms with Crippen LogP contribution in [-0.2, 0) is 35.0 Å². The molecular formula is C18H21I3N2O7. The van der Waals surface area contributed by atoms with E-state index in [1.165, 1.54) is 20.8 Å². The van der Waals surface area contributed by atoms with Crippen molar-refractivity contribution in [3.63, 3.8) is 0 Å². The third kappa shape index (κ3) is 8.32. The maximum Gasteiger partial charge on any atom is 0.303 e. The molecule has 1 aromatic rings. The van der Waals surface area contributed by atoms with Crippen molar-refractivity contribution in [3.05, 3.63) is 21.8 Å². The summed E-state index contributed by atoms with van der Waals surface area (Å²) in [4.78, 5) is 46.2. The van der Waals surface area contributed by atoms with Gasteiger partial charge in [0.05, 0.1) is 28.0 Å². The molecule has 1 unspecified atom stereocenters. The van der Waals surface area contributed by atoms with Crippen LogP contribution in [-0.4, -0.2) is 49.7 Å². The highest BCUT2D eigenvalue weighted by atomic mass is 127. The smallest absolute Gasteiger partial charge is 0.303 e. The average Bonchev–Trinajstić information content (AvgIpc) is 2.64. The molecule has 0 aliphatic carbocycles. The van der Waals surface area contributed by atoms with Crippen molar-refractivity contribution < 1.29 is 33.4 Å². The highest BCUT2D eigenvalue weighted by Crippen LogP contribution is 2.34. The molecule has 1 rings (SSSR count). The van der Waals surface area contributed by atoms with Crippen LogP contribution < -0.4 is 11.1 Å². The Morgan fingerprint density at radius 2 is 1.53 bits per heavy atom. The molecule has 0 heterocycles. The largest absolute Gasteiger partial charge is 0.466 e. The van der Waals surface area contributed by atoms with Gasteiger partial charge in [-0.3, -0.25) is 19.2 Å². The van der Waals surface area contributed by atoms with Crippen molar-refractivity contribution in [1.82, 2.24) is 5.32 Å². The minimum atomic E-state index is -0.824. The Hall–Kier alpha value is -0.910. The molecule has 0 saturated carbocycles. The van der Waals surface area contributed by atoms with Crippen LogP contribution in [0.15, 0.2) is 0 Å². The standard InChI is InChI=1S/C18H21I3N2O7/c1-8(24)28-5-4-12-14(19)13(16(21)17(22)15(12)20)18(27)23-6-11(30-10(3)26)7-29-9(2)25/h11H,4-7,22H2,1-3H3,(H,23,27). The number of nitrogens with one attached hydrogen (secondary N) is 1. The van der Waals surface area contributed by atoms with E-state index in [-0.39, 0.29) is 25.7 Å². The van der Waals surface area contributed by atoms with Crippen LogP contribution in [0.1, 0.15) is 36.7 Å². The fourth-order valence-corrected chi connectivity index (χ4v) is 6.52. The van der Waals surface area contributed by atoms with Gasteiger partial charge in [0.2, 0.25) is 0 Å². The zero-order valence-electron chi connectivity index (χ0n) is 16.5. The summed E-state index contributed by atoms with van der Waals surface area (Å²) >= 11 is 6.17. The molecule has 0 bridgehead atoms. The molecule has 166 valence electrons. The number of carbonyl (C=O) groups is 4. The summed E-state index contributed by atoms with van der Waals surface area (Å²) < 4.78 is 17.0. The Morgan fingerprint density at radius 1 is 0.933 bits per heavy atom. The van der Waals surface area contributed by atoms with Gasteiger partial charge < -0.3 is 25.3 Å². The first-order valence-electron chi connectivity index (χ1n) is 8.62. The molecule has 0 spiro atoms. The van der Waals surface area contributed by atoms with Crippen LogP contribution in [0.25, 0.3) is 0 Å². The Labute approximate surface area is 214 Å². The lowest BCUT2D eigenvalue weighted by Gasteiger charge is -2.20. The van der Waals surface area contributed by atoms with Crippen LogP contribution in [0.3, 0.4) is 0 Å². The van der Waals surface area contributed by atoms with Crippen molar-refractivity contribution in [1.29, 1.82) is 0 Å². The molecule has 0 aromatic heterocycles. The van der Waals surface area contributed by atoms with Gasteiger partial charge in [0.1, 0.15) is 6.61 Å². The molecule has 0 aliphatic heterocycles. The maximum atomic E-state index is 12.9. The normalized spacial score (nSPS) is 11.4. The second-order valence-electron chi connectivity index (χ2n) is 6.04. The van der Waals surface area contributed by atoms with Gasteiger partial charge in [0.15, 0.2) is 6.10 Å². The van der Waals surface area contributed by atoms with Crippen molar-refractivity contribution in [3.8, 4) is 0 Å². The monoisotopic (exact) mass is 758 g/mol. The fourth-order valence-electron chi connectivity index (χ4n) is 2.33. The summed E-state index contributed by atoms with van der Waals surface area (Å²) in [5.74, 6) is -1.89. The van der Waals surface area contributed by atoms with E-state index in [2.05, 4.69) is 50.5 Å². The van der Waals surface area contributed by atoms with Crippen LogP contribution in [0.5, 0.6) is 0 Å². The summed E-state index contributed by atoms with van der Waals surface area (Å²) in [6, 6.07) is 0. The Morgan fingerprint density at radius 3 is 2.07 bits per heavy atom. The average molecular weight is 758 g/mol. The van der Waals surface area contributed by atoms with E-state index in [1.807, 2.05) is 22.6 Å². The Bertz CT molecular complexity index is 846. The fraction of sp³-hybridized carbons (Fsp3) is 0.444. The molecule has 0 saturated heterocycles. The molecule has 1 atom stereocenters. The van der Waals surface area contributed by atoms with Crippen molar-refractivity contribution in [2.24, 2.45) is 0 Å². The van der Waals surface area contributed by atoms with Gasteiger partial charge in [-0.25, -0.2) is 0 Å². The number of hydrogen-bond acceptors (Lipinski definition) is 8. The summed E-state index contributed by atoms with van der Waals surface area (Å²) in [5, 5.41) is 2.70. The molecule has 0 radical (unpaired) electrons. The predicted octanol–water partition coefficient (Wildman–Crippen LogP) is 2.41. The molecule has 1 aromatic carbocycles. The molecule has 30 heavy (non-hydrogen) atoms. The number of carbonyl (C=O) groups excluding carboxylic acids is 4. The van der Waals surface area contributed by atoms with Gasteiger partial charge in [-0.15, -0.1) is 0 Å². The Balaban J connectivity index is 3.06. The highest BCUT2D eigenvalue weighted by molar-refractivity contribution is 14.1.